The summed E-state index contributed by atoms with van der Waals surface area (Å²) in [6.07, 6.45) is -3.38. The second-order valence-electron chi connectivity index (χ2n) is 4.04. The Kier molecular flexibility index (Phi) is 3.06. The molecule has 2 aromatic heterocycles. The average molecular weight is 257 g/mol. The zero-order valence-corrected chi connectivity index (χ0v) is 9.69. The molecule has 2 heterocycles. The van der Waals surface area contributed by atoms with Crippen LogP contribution in [0.3, 0.4) is 0 Å². The second-order valence-corrected chi connectivity index (χ2v) is 4.04. The van der Waals surface area contributed by atoms with Gasteiger partial charge in [0.1, 0.15) is 5.69 Å². The van der Waals surface area contributed by atoms with Crippen molar-refractivity contribution in [3.8, 4) is 11.5 Å². The predicted molar refractivity (Wildman–Crippen MR) is 56.6 cm³/mol. The Balaban J connectivity index is 2.29. The summed E-state index contributed by atoms with van der Waals surface area (Å²) in [5, 5.41) is 3.73. The van der Waals surface area contributed by atoms with E-state index in [1.807, 2.05) is 13.8 Å². The minimum atomic E-state index is -4.45. The number of hydrogen-bond acceptors (Lipinski definition) is 4. The van der Waals surface area contributed by atoms with Gasteiger partial charge in [-0.15, -0.1) is 0 Å². The minimum Gasteiger partial charge on any atom is -0.334 e. The van der Waals surface area contributed by atoms with E-state index >= 15 is 0 Å². The van der Waals surface area contributed by atoms with Crippen LogP contribution in [0.25, 0.3) is 11.5 Å². The SMILES string of the molecule is CC(C)c1noc(-c2ccc(C(F)(F)F)nc2)n1. The number of aromatic nitrogens is 3. The van der Waals surface area contributed by atoms with Gasteiger partial charge in [-0.3, -0.25) is 4.98 Å². The number of rotatable bonds is 2. The Labute approximate surface area is 101 Å². The van der Waals surface area contributed by atoms with Gasteiger partial charge in [-0.25, -0.2) is 0 Å². The van der Waals surface area contributed by atoms with Gasteiger partial charge in [0.2, 0.25) is 0 Å². The molecule has 2 aromatic rings. The van der Waals surface area contributed by atoms with E-state index in [2.05, 4.69) is 15.1 Å². The quantitative estimate of drug-likeness (QED) is 0.828. The molecule has 0 saturated heterocycles. The number of alkyl halides is 3. The van der Waals surface area contributed by atoms with Gasteiger partial charge in [-0.2, -0.15) is 18.2 Å². The van der Waals surface area contributed by atoms with E-state index in [1.165, 1.54) is 6.07 Å². The normalized spacial score (nSPS) is 12.1. The zero-order valence-electron chi connectivity index (χ0n) is 9.69. The number of halogens is 3. The molecule has 0 aliphatic heterocycles. The molecule has 0 fully saturated rings. The van der Waals surface area contributed by atoms with Gasteiger partial charge in [-0.1, -0.05) is 19.0 Å². The van der Waals surface area contributed by atoms with Crippen LogP contribution >= 0.6 is 0 Å². The summed E-state index contributed by atoms with van der Waals surface area (Å²) < 4.78 is 41.9. The fourth-order valence-electron chi connectivity index (χ4n) is 1.27. The van der Waals surface area contributed by atoms with Crippen molar-refractivity contribution in [3.05, 3.63) is 29.8 Å². The molecule has 0 N–H and O–H groups in total. The lowest BCUT2D eigenvalue weighted by atomic mass is 10.2. The topological polar surface area (TPSA) is 51.8 Å². The summed E-state index contributed by atoms with van der Waals surface area (Å²) in [7, 11) is 0. The number of hydrogen-bond donors (Lipinski definition) is 0. The second kappa shape index (κ2) is 4.40. The predicted octanol–water partition coefficient (Wildman–Crippen LogP) is 3.27. The molecule has 4 nitrogen and oxygen atoms in total. The lowest BCUT2D eigenvalue weighted by Gasteiger charge is -2.04. The van der Waals surface area contributed by atoms with Crippen LogP contribution < -0.4 is 0 Å². The van der Waals surface area contributed by atoms with Crippen LogP contribution in [0.15, 0.2) is 22.9 Å². The Bertz CT molecular complexity index is 531. The number of nitrogens with zero attached hydrogens (tertiary/aromatic N) is 3. The Morgan fingerprint density at radius 3 is 2.39 bits per heavy atom. The van der Waals surface area contributed by atoms with Crippen molar-refractivity contribution in [2.24, 2.45) is 0 Å². The number of pyridine rings is 1. The molecule has 0 aliphatic rings. The summed E-state index contributed by atoms with van der Waals surface area (Å²) in [6, 6.07) is 2.14. The molecule has 0 amide bonds. The van der Waals surface area contributed by atoms with E-state index in [0.29, 0.717) is 11.4 Å². The highest BCUT2D eigenvalue weighted by atomic mass is 19.4. The lowest BCUT2D eigenvalue weighted by Crippen LogP contribution is -2.07. The summed E-state index contributed by atoms with van der Waals surface area (Å²) in [5.74, 6) is 0.759. The van der Waals surface area contributed by atoms with Gasteiger partial charge in [0.25, 0.3) is 5.89 Å². The smallest absolute Gasteiger partial charge is 0.334 e. The standard InChI is InChI=1S/C11H10F3N3O/c1-6(2)9-16-10(18-17-9)7-3-4-8(15-5-7)11(12,13)14/h3-6H,1-2H3. The van der Waals surface area contributed by atoms with Gasteiger partial charge < -0.3 is 4.52 Å². The van der Waals surface area contributed by atoms with Crippen LogP contribution in [-0.2, 0) is 6.18 Å². The van der Waals surface area contributed by atoms with Crippen LogP contribution in [0.5, 0.6) is 0 Å². The molecule has 0 saturated carbocycles. The maximum atomic E-state index is 12.3. The van der Waals surface area contributed by atoms with Gasteiger partial charge in [0, 0.05) is 12.1 Å². The Morgan fingerprint density at radius 1 is 1.22 bits per heavy atom. The Hall–Kier alpha value is -1.92. The molecule has 0 radical (unpaired) electrons. The van der Waals surface area contributed by atoms with E-state index in [1.54, 1.807) is 0 Å². The third kappa shape index (κ3) is 2.49. The van der Waals surface area contributed by atoms with Crippen molar-refractivity contribution < 1.29 is 17.7 Å². The van der Waals surface area contributed by atoms with Crippen LogP contribution in [0.2, 0.25) is 0 Å². The summed E-state index contributed by atoms with van der Waals surface area (Å²) >= 11 is 0. The van der Waals surface area contributed by atoms with Crippen molar-refractivity contribution in [3.63, 3.8) is 0 Å². The molecule has 0 aromatic carbocycles. The van der Waals surface area contributed by atoms with Crippen LogP contribution in [0, 0.1) is 0 Å². The molecule has 0 aliphatic carbocycles. The highest BCUT2D eigenvalue weighted by Crippen LogP contribution is 2.28. The maximum absolute atomic E-state index is 12.3. The van der Waals surface area contributed by atoms with Gasteiger partial charge in [0.15, 0.2) is 5.82 Å². The van der Waals surface area contributed by atoms with Crippen molar-refractivity contribution >= 4 is 0 Å². The van der Waals surface area contributed by atoms with Gasteiger partial charge in [0.05, 0.1) is 5.56 Å². The third-order valence-corrected chi connectivity index (χ3v) is 2.26. The van der Waals surface area contributed by atoms with Crippen LogP contribution in [-0.4, -0.2) is 15.1 Å². The maximum Gasteiger partial charge on any atom is 0.433 e. The molecule has 2 rings (SSSR count). The van der Waals surface area contributed by atoms with Crippen molar-refractivity contribution in [2.75, 3.05) is 0 Å². The van der Waals surface area contributed by atoms with E-state index in [4.69, 9.17) is 4.52 Å². The fourth-order valence-corrected chi connectivity index (χ4v) is 1.27. The first-order valence-electron chi connectivity index (χ1n) is 5.25. The molecule has 0 spiro atoms. The van der Waals surface area contributed by atoms with E-state index in [0.717, 1.165) is 12.3 Å². The summed E-state index contributed by atoms with van der Waals surface area (Å²) in [5.41, 5.74) is -0.586. The molecule has 18 heavy (non-hydrogen) atoms. The van der Waals surface area contributed by atoms with Crippen molar-refractivity contribution in [1.29, 1.82) is 0 Å². The largest absolute Gasteiger partial charge is 0.433 e. The highest BCUT2D eigenvalue weighted by molar-refractivity contribution is 5.51. The van der Waals surface area contributed by atoms with E-state index in [-0.39, 0.29) is 11.8 Å². The molecular weight excluding hydrogens is 247 g/mol. The third-order valence-electron chi connectivity index (χ3n) is 2.26. The first-order chi connectivity index (χ1) is 8.38. The Morgan fingerprint density at radius 2 is 1.94 bits per heavy atom. The van der Waals surface area contributed by atoms with Crippen LogP contribution in [0.1, 0.15) is 31.3 Å². The average Bonchev–Trinajstić information content (AvgIpc) is 2.77. The van der Waals surface area contributed by atoms with Crippen LogP contribution in [0.4, 0.5) is 13.2 Å². The monoisotopic (exact) mass is 257 g/mol. The molecular formula is C11H10F3N3O. The van der Waals surface area contributed by atoms with Crippen molar-refractivity contribution in [2.45, 2.75) is 25.9 Å². The highest BCUT2D eigenvalue weighted by Gasteiger charge is 2.32. The molecule has 0 bridgehead atoms. The summed E-state index contributed by atoms with van der Waals surface area (Å²) in [4.78, 5) is 7.40. The first-order valence-corrected chi connectivity index (χ1v) is 5.25. The summed E-state index contributed by atoms with van der Waals surface area (Å²) in [6.45, 7) is 3.78. The van der Waals surface area contributed by atoms with Gasteiger partial charge in [-0.05, 0) is 12.1 Å². The van der Waals surface area contributed by atoms with E-state index in [9.17, 15) is 13.2 Å². The van der Waals surface area contributed by atoms with Crippen molar-refractivity contribution in [1.82, 2.24) is 15.1 Å². The lowest BCUT2D eigenvalue weighted by molar-refractivity contribution is -0.141. The van der Waals surface area contributed by atoms with E-state index < -0.39 is 11.9 Å². The fraction of sp³-hybridized carbons (Fsp3) is 0.364. The molecule has 0 unspecified atom stereocenters. The van der Waals surface area contributed by atoms with Gasteiger partial charge >= 0.3 is 6.18 Å². The molecule has 7 heteroatoms. The first kappa shape index (κ1) is 12.5. The molecule has 0 atom stereocenters. The molecule has 96 valence electrons. The minimum absolute atomic E-state index is 0.0879. The zero-order chi connectivity index (χ0) is 13.3.